The van der Waals surface area contributed by atoms with E-state index >= 15 is 0 Å². The maximum atomic E-state index is 12.8. The number of carbonyl (C=O) groups is 2. The zero-order valence-corrected chi connectivity index (χ0v) is 16.2. The fourth-order valence-electron chi connectivity index (χ4n) is 3.85. The van der Waals surface area contributed by atoms with E-state index in [-0.39, 0.29) is 17.9 Å². The second-order valence-electron chi connectivity index (χ2n) is 7.12. The predicted octanol–water partition coefficient (Wildman–Crippen LogP) is 3.39. The molecule has 1 aromatic heterocycles. The Balaban J connectivity index is 1.37. The van der Waals surface area contributed by atoms with E-state index in [1.165, 1.54) is 17.3 Å². The normalized spacial score (nSPS) is 18.6. The van der Waals surface area contributed by atoms with Crippen LogP contribution in [0.1, 0.15) is 35.7 Å². The Morgan fingerprint density at radius 2 is 1.93 bits per heavy atom. The predicted molar refractivity (Wildman–Crippen MR) is 107 cm³/mol. The molecule has 1 fully saturated rings. The van der Waals surface area contributed by atoms with Gasteiger partial charge < -0.3 is 9.80 Å². The van der Waals surface area contributed by atoms with Crippen molar-refractivity contribution in [1.29, 1.82) is 0 Å². The molecule has 6 heteroatoms. The van der Waals surface area contributed by atoms with Crippen molar-refractivity contribution in [2.45, 2.75) is 37.3 Å². The van der Waals surface area contributed by atoms with Gasteiger partial charge in [0, 0.05) is 31.0 Å². The molecule has 0 radical (unpaired) electrons. The molecule has 0 unspecified atom stereocenters. The SMILES string of the molecule is C[C@H]1Cc2ccccc2N1C(=O)CSc1ccc(C(=O)N2CCCC2)cn1. The highest BCUT2D eigenvalue weighted by molar-refractivity contribution is 7.99. The van der Waals surface area contributed by atoms with Crippen LogP contribution in [-0.4, -0.2) is 46.6 Å². The number of pyridine rings is 1. The number of aromatic nitrogens is 1. The number of thioether (sulfide) groups is 1. The molecule has 1 atom stereocenters. The Morgan fingerprint density at radius 3 is 2.67 bits per heavy atom. The molecule has 2 amide bonds. The Hall–Kier alpha value is -2.34. The summed E-state index contributed by atoms with van der Waals surface area (Å²) in [7, 11) is 0. The molecule has 0 aliphatic carbocycles. The first kappa shape index (κ1) is 18.0. The number of nitrogens with zero attached hydrogens (tertiary/aromatic N) is 3. The van der Waals surface area contributed by atoms with Crippen molar-refractivity contribution in [3.63, 3.8) is 0 Å². The van der Waals surface area contributed by atoms with Crippen molar-refractivity contribution in [2.75, 3.05) is 23.7 Å². The molecular weight excluding hydrogens is 358 g/mol. The molecule has 1 saturated heterocycles. The van der Waals surface area contributed by atoms with E-state index in [9.17, 15) is 9.59 Å². The van der Waals surface area contributed by atoms with Gasteiger partial charge in [0.25, 0.3) is 5.91 Å². The molecule has 27 heavy (non-hydrogen) atoms. The number of benzene rings is 1. The quantitative estimate of drug-likeness (QED) is 0.762. The number of rotatable bonds is 4. The minimum Gasteiger partial charge on any atom is -0.339 e. The van der Waals surface area contributed by atoms with Gasteiger partial charge in [-0.05, 0) is 49.9 Å². The van der Waals surface area contributed by atoms with Crippen LogP contribution in [0, 0.1) is 0 Å². The minimum absolute atomic E-state index is 0.0510. The van der Waals surface area contributed by atoms with Crippen LogP contribution in [0.5, 0.6) is 0 Å². The maximum Gasteiger partial charge on any atom is 0.255 e. The van der Waals surface area contributed by atoms with E-state index in [4.69, 9.17) is 0 Å². The van der Waals surface area contributed by atoms with Crippen LogP contribution in [0.2, 0.25) is 0 Å². The second-order valence-corrected chi connectivity index (χ2v) is 8.11. The number of hydrogen-bond donors (Lipinski definition) is 0. The molecule has 5 nitrogen and oxygen atoms in total. The van der Waals surface area contributed by atoms with Crippen LogP contribution < -0.4 is 4.90 Å². The summed E-state index contributed by atoms with van der Waals surface area (Å²) >= 11 is 1.42. The Labute approximate surface area is 163 Å². The highest BCUT2D eigenvalue weighted by Gasteiger charge is 2.30. The molecule has 0 saturated carbocycles. The largest absolute Gasteiger partial charge is 0.339 e. The van der Waals surface area contributed by atoms with Gasteiger partial charge in [-0.15, -0.1) is 0 Å². The number of hydrogen-bond acceptors (Lipinski definition) is 4. The van der Waals surface area contributed by atoms with Gasteiger partial charge in [-0.2, -0.15) is 0 Å². The van der Waals surface area contributed by atoms with Crippen molar-refractivity contribution in [3.05, 3.63) is 53.7 Å². The van der Waals surface area contributed by atoms with Crippen LogP contribution in [0.15, 0.2) is 47.6 Å². The molecule has 2 aliphatic heterocycles. The van der Waals surface area contributed by atoms with Crippen molar-refractivity contribution >= 4 is 29.3 Å². The third-order valence-corrected chi connectivity index (χ3v) is 6.12. The summed E-state index contributed by atoms with van der Waals surface area (Å²) in [4.78, 5) is 33.3. The van der Waals surface area contributed by atoms with Crippen LogP contribution in [0.3, 0.4) is 0 Å². The number of fused-ring (bicyclic) bond motifs is 1. The Morgan fingerprint density at radius 1 is 1.15 bits per heavy atom. The molecular formula is C21H23N3O2S. The topological polar surface area (TPSA) is 53.5 Å². The zero-order chi connectivity index (χ0) is 18.8. The number of anilines is 1. The smallest absolute Gasteiger partial charge is 0.255 e. The standard InChI is InChI=1S/C21H23N3O2S/c1-15-12-16-6-2-3-7-18(16)24(15)20(25)14-27-19-9-8-17(13-22-19)21(26)23-10-4-5-11-23/h2-3,6-9,13,15H,4-5,10-12,14H2,1H3/t15-/m0/s1. The second kappa shape index (κ2) is 7.72. The molecule has 0 spiro atoms. The third kappa shape index (κ3) is 3.72. The van der Waals surface area contributed by atoms with E-state index in [0.717, 1.165) is 43.1 Å². The van der Waals surface area contributed by atoms with Crippen LogP contribution >= 0.6 is 11.8 Å². The van der Waals surface area contributed by atoms with Gasteiger partial charge in [-0.3, -0.25) is 9.59 Å². The van der Waals surface area contributed by atoms with Crippen molar-refractivity contribution < 1.29 is 9.59 Å². The number of carbonyl (C=O) groups excluding carboxylic acids is 2. The Kier molecular flexibility index (Phi) is 5.16. The third-order valence-electron chi connectivity index (χ3n) is 5.20. The number of para-hydroxylation sites is 1. The van der Waals surface area contributed by atoms with Gasteiger partial charge in [-0.1, -0.05) is 30.0 Å². The summed E-state index contributed by atoms with van der Waals surface area (Å²) in [5, 5.41) is 0.765. The summed E-state index contributed by atoms with van der Waals surface area (Å²) in [5.74, 6) is 0.483. The number of likely N-dealkylation sites (tertiary alicyclic amines) is 1. The fraction of sp³-hybridized carbons (Fsp3) is 0.381. The monoisotopic (exact) mass is 381 g/mol. The zero-order valence-electron chi connectivity index (χ0n) is 15.4. The van der Waals surface area contributed by atoms with E-state index in [1.54, 1.807) is 6.20 Å². The van der Waals surface area contributed by atoms with Gasteiger partial charge >= 0.3 is 0 Å². The van der Waals surface area contributed by atoms with Crippen LogP contribution in [-0.2, 0) is 11.2 Å². The lowest BCUT2D eigenvalue weighted by Crippen LogP contribution is -2.36. The molecule has 0 bridgehead atoms. The summed E-state index contributed by atoms with van der Waals surface area (Å²) < 4.78 is 0. The lowest BCUT2D eigenvalue weighted by molar-refractivity contribution is -0.116. The molecule has 140 valence electrons. The van der Waals surface area contributed by atoms with Gasteiger partial charge in [0.1, 0.15) is 0 Å². The van der Waals surface area contributed by atoms with Crippen molar-refractivity contribution in [1.82, 2.24) is 9.88 Å². The first-order valence-electron chi connectivity index (χ1n) is 9.41. The molecule has 2 aliphatic rings. The van der Waals surface area contributed by atoms with Gasteiger partial charge in [0.15, 0.2) is 0 Å². The molecule has 0 N–H and O–H groups in total. The van der Waals surface area contributed by atoms with E-state index in [2.05, 4.69) is 18.0 Å². The lowest BCUT2D eigenvalue weighted by Gasteiger charge is -2.22. The molecule has 1 aromatic carbocycles. The van der Waals surface area contributed by atoms with Crippen molar-refractivity contribution in [2.24, 2.45) is 0 Å². The van der Waals surface area contributed by atoms with Crippen LogP contribution in [0.25, 0.3) is 0 Å². The van der Waals surface area contributed by atoms with Crippen molar-refractivity contribution in [3.8, 4) is 0 Å². The van der Waals surface area contributed by atoms with Gasteiger partial charge in [0.2, 0.25) is 5.91 Å². The highest BCUT2D eigenvalue weighted by atomic mass is 32.2. The molecule has 4 rings (SSSR count). The maximum absolute atomic E-state index is 12.8. The number of amides is 2. The average molecular weight is 382 g/mol. The van der Waals surface area contributed by atoms with E-state index in [1.807, 2.05) is 40.1 Å². The summed E-state index contributed by atoms with van der Waals surface area (Å²) in [6.07, 6.45) is 4.68. The first-order valence-corrected chi connectivity index (χ1v) is 10.4. The van der Waals surface area contributed by atoms with E-state index < -0.39 is 0 Å². The molecule has 3 heterocycles. The van der Waals surface area contributed by atoms with Crippen LogP contribution in [0.4, 0.5) is 5.69 Å². The van der Waals surface area contributed by atoms with Gasteiger partial charge in [-0.25, -0.2) is 4.98 Å². The lowest BCUT2D eigenvalue weighted by atomic mass is 10.1. The van der Waals surface area contributed by atoms with E-state index in [0.29, 0.717) is 11.3 Å². The Bertz CT molecular complexity index is 847. The first-order chi connectivity index (χ1) is 13.1. The summed E-state index contributed by atoms with van der Waals surface area (Å²) in [6, 6.07) is 11.9. The summed E-state index contributed by atoms with van der Waals surface area (Å²) in [5.41, 5.74) is 2.87. The summed E-state index contributed by atoms with van der Waals surface area (Å²) in [6.45, 7) is 3.75. The fourth-order valence-corrected chi connectivity index (χ4v) is 4.55. The molecule has 2 aromatic rings. The minimum atomic E-state index is 0.0510. The highest BCUT2D eigenvalue weighted by Crippen LogP contribution is 2.32. The van der Waals surface area contributed by atoms with Gasteiger partial charge in [0.05, 0.1) is 16.3 Å². The average Bonchev–Trinajstić information content (AvgIpc) is 3.33.